The largest absolute Gasteiger partial charge is 0.454 e. The number of fused-ring (bicyclic) bond motifs is 1. The number of ether oxygens (including phenoxy) is 2. The maximum Gasteiger partial charge on any atom is 0.254 e. The Hall–Kier alpha value is -2.60. The number of hydrogen-bond acceptors (Lipinski definition) is 4. The Kier molecular flexibility index (Phi) is 4.66. The lowest BCUT2D eigenvalue weighted by atomic mass is 10.0. The van der Waals surface area contributed by atoms with Crippen molar-refractivity contribution in [3.63, 3.8) is 0 Å². The number of benzene rings is 2. The average molecular weight is 330 g/mol. The van der Waals surface area contributed by atoms with Gasteiger partial charge in [-0.2, -0.15) is 0 Å². The molecule has 1 heterocycles. The highest BCUT2D eigenvalue weighted by Gasteiger charge is 2.21. The number of hydrogen-bond donors (Lipinski definition) is 1. The monoisotopic (exact) mass is 330 g/mol. The van der Waals surface area contributed by atoms with Crippen LogP contribution in [0.2, 0.25) is 0 Å². The minimum Gasteiger partial charge on any atom is -0.454 e. The molecular formula is C18H19FN2O3. The van der Waals surface area contributed by atoms with E-state index in [-0.39, 0.29) is 18.4 Å². The smallest absolute Gasteiger partial charge is 0.254 e. The highest BCUT2D eigenvalue weighted by atomic mass is 19.1. The van der Waals surface area contributed by atoms with Gasteiger partial charge in [-0.3, -0.25) is 4.79 Å². The van der Waals surface area contributed by atoms with Crippen LogP contribution < -0.4 is 14.8 Å². The molecule has 1 atom stereocenters. The molecule has 0 bridgehead atoms. The van der Waals surface area contributed by atoms with Crippen molar-refractivity contribution in [3.8, 4) is 11.5 Å². The van der Waals surface area contributed by atoms with Crippen LogP contribution in [-0.4, -0.2) is 38.2 Å². The van der Waals surface area contributed by atoms with Gasteiger partial charge in [-0.25, -0.2) is 4.39 Å². The summed E-state index contributed by atoms with van der Waals surface area (Å²) in [6, 6.07) is 11.6. The lowest BCUT2D eigenvalue weighted by molar-refractivity contribution is 0.0938. The van der Waals surface area contributed by atoms with Gasteiger partial charge in [-0.15, -0.1) is 0 Å². The Balaban J connectivity index is 1.73. The molecule has 0 saturated carbocycles. The fourth-order valence-corrected chi connectivity index (χ4v) is 2.65. The van der Waals surface area contributed by atoms with Gasteiger partial charge in [-0.1, -0.05) is 18.2 Å². The third-order valence-electron chi connectivity index (χ3n) is 3.98. The van der Waals surface area contributed by atoms with Gasteiger partial charge in [0.25, 0.3) is 5.91 Å². The molecule has 1 aliphatic heterocycles. The lowest BCUT2D eigenvalue weighted by Crippen LogP contribution is -2.34. The first-order chi connectivity index (χ1) is 11.6. The van der Waals surface area contributed by atoms with Crippen molar-refractivity contribution in [2.45, 2.75) is 6.04 Å². The van der Waals surface area contributed by atoms with E-state index in [4.69, 9.17) is 9.47 Å². The molecule has 126 valence electrons. The number of halogens is 1. The highest BCUT2D eigenvalue weighted by Crippen LogP contribution is 2.34. The fraction of sp³-hybridized carbons (Fsp3) is 0.278. The predicted octanol–water partition coefficient (Wildman–Crippen LogP) is 2.59. The van der Waals surface area contributed by atoms with Crippen LogP contribution in [0.15, 0.2) is 42.5 Å². The molecule has 0 radical (unpaired) electrons. The molecule has 1 N–H and O–H groups in total. The van der Waals surface area contributed by atoms with Crippen LogP contribution in [0, 0.1) is 5.82 Å². The second-order valence-corrected chi connectivity index (χ2v) is 5.78. The van der Waals surface area contributed by atoms with Crippen LogP contribution in [0.4, 0.5) is 4.39 Å². The molecular weight excluding hydrogens is 311 g/mol. The quantitative estimate of drug-likeness (QED) is 0.915. The molecule has 0 fully saturated rings. The molecule has 2 aromatic rings. The Labute approximate surface area is 140 Å². The second-order valence-electron chi connectivity index (χ2n) is 5.78. The number of likely N-dealkylation sites (N-methyl/N-ethyl adjacent to an activating group) is 1. The van der Waals surface area contributed by atoms with Crippen molar-refractivity contribution in [1.82, 2.24) is 10.2 Å². The molecule has 0 unspecified atom stereocenters. The summed E-state index contributed by atoms with van der Waals surface area (Å²) in [5, 5.41) is 2.79. The zero-order valence-electron chi connectivity index (χ0n) is 13.6. The third-order valence-corrected chi connectivity index (χ3v) is 3.98. The zero-order chi connectivity index (χ0) is 17.1. The van der Waals surface area contributed by atoms with Gasteiger partial charge < -0.3 is 19.7 Å². The minimum absolute atomic E-state index is 0.0423. The van der Waals surface area contributed by atoms with Gasteiger partial charge >= 0.3 is 0 Å². The van der Waals surface area contributed by atoms with Crippen LogP contribution in [-0.2, 0) is 0 Å². The van der Waals surface area contributed by atoms with Gasteiger partial charge in [0, 0.05) is 6.54 Å². The molecule has 3 rings (SSSR count). The van der Waals surface area contributed by atoms with E-state index in [0.717, 1.165) is 5.56 Å². The second kappa shape index (κ2) is 6.88. The number of nitrogens with zero attached hydrogens (tertiary/aromatic N) is 1. The summed E-state index contributed by atoms with van der Waals surface area (Å²) in [6.45, 7) is 0.565. The van der Waals surface area contributed by atoms with Crippen LogP contribution in [0.5, 0.6) is 11.5 Å². The fourth-order valence-electron chi connectivity index (χ4n) is 2.65. The van der Waals surface area contributed by atoms with E-state index in [2.05, 4.69) is 5.32 Å². The third kappa shape index (κ3) is 3.33. The molecule has 24 heavy (non-hydrogen) atoms. The summed E-state index contributed by atoms with van der Waals surface area (Å²) >= 11 is 0. The topological polar surface area (TPSA) is 50.8 Å². The molecule has 5 nitrogen and oxygen atoms in total. The maximum atomic E-state index is 13.7. The van der Waals surface area contributed by atoms with Crippen molar-refractivity contribution >= 4 is 5.91 Å². The molecule has 2 aromatic carbocycles. The number of nitrogens with one attached hydrogen (secondary N) is 1. The van der Waals surface area contributed by atoms with Crippen LogP contribution >= 0.6 is 0 Å². The van der Waals surface area contributed by atoms with E-state index in [1.54, 1.807) is 12.1 Å². The maximum absolute atomic E-state index is 13.7. The molecule has 0 aliphatic carbocycles. The van der Waals surface area contributed by atoms with E-state index in [1.165, 1.54) is 12.1 Å². The van der Waals surface area contributed by atoms with E-state index in [0.29, 0.717) is 18.0 Å². The van der Waals surface area contributed by atoms with Crippen molar-refractivity contribution in [2.75, 3.05) is 27.4 Å². The molecule has 1 amide bonds. The van der Waals surface area contributed by atoms with E-state index in [1.807, 2.05) is 37.2 Å². The molecule has 6 heteroatoms. The Morgan fingerprint density at radius 1 is 1.21 bits per heavy atom. The zero-order valence-corrected chi connectivity index (χ0v) is 13.6. The standard InChI is InChI=1S/C18H19FN2O3/c1-21(2)15(12-7-8-16-17(9-12)24-11-23-16)10-20-18(22)13-5-3-4-6-14(13)19/h3-9,15H,10-11H2,1-2H3,(H,20,22)/t15-/m1/s1. The van der Waals surface area contributed by atoms with Crippen LogP contribution in [0.25, 0.3) is 0 Å². The first-order valence-corrected chi connectivity index (χ1v) is 7.65. The summed E-state index contributed by atoms with van der Waals surface area (Å²) in [5.74, 6) is 0.451. The van der Waals surface area contributed by atoms with Crippen LogP contribution in [0.3, 0.4) is 0 Å². The normalized spacial score (nSPS) is 13.8. The van der Waals surface area contributed by atoms with E-state index < -0.39 is 11.7 Å². The summed E-state index contributed by atoms with van der Waals surface area (Å²) < 4.78 is 24.4. The SMILES string of the molecule is CN(C)[C@H](CNC(=O)c1ccccc1F)c1ccc2c(c1)OCO2. The first kappa shape index (κ1) is 16.3. The van der Waals surface area contributed by atoms with E-state index in [9.17, 15) is 9.18 Å². The number of amides is 1. The highest BCUT2D eigenvalue weighted by molar-refractivity contribution is 5.94. The average Bonchev–Trinajstić information content (AvgIpc) is 3.02. The first-order valence-electron chi connectivity index (χ1n) is 7.65. The van der Waals surface area contributed by atoms with Gasteiger partial charge in [0.1, 0.15) is 5.82 Å². The van der Waals surface area contributed by atoms with Gasteiger partial charge in [0.05, 0.1) is 11.6 Å². The van der Waals surface area contributed by atoms with Crippen LogP contribution in [0.1, 0.15) is 22.0 Å². The Morgan fingerprint density at radius 3 is 2.71 bits per heavy atom. The van der Waals surface area contributed by atoms with E-state index >= 15 is 0 Å². The Morgan fingerprint density at radius 2 is 1.96 bits per heavy atom. The number of carbonyl (C=O) groups excluding carboxylic acids is 1. The molecule has 0 aromatic heterocycles. The van der Waals surface area contributed by atoms with Crippen molar-refractivity contribution in [2.24, 2.45) is 0 Å². The van der Waals surface area contributed by atoms with Crippen molar-refractivity contribution < 1.29 is 18.7 Å². The molecule has 0 saturated heterocycles. The minimum atomic E-state index is -0.528. The summed E-state index contributed by atoms with van der Waals surface area (Å²) in [6.07, 6.45) is 0. The van der Waals surface area contributed by atoms with Crippen molar-refractivity contribution in [1.29, 1.82) is 0 Å². The summed E-state index contributed by atoms with van der Waals surface area (Å²) in [7, 11) is 3.84. The van der Waals surface area contributed by atoms with Crippen molar-refractivity contribution in [3.05, 3.63) is 59.4 Å². The predicted molar refractivity (Wildman–Crippen MR) is 87.7 cm³/mol. The summed E-state index contributed by atoms with van der Waals surface area (Å²) in [5.41, 5.74) is 1.03. The summed E-state index contributed by atoms with van der Waals surface area (Å²) in [4.78, 5) is 14.2. The molecule has 1 aliphatic rings. The number of carbonyl (C=O) groups is 1. The Bertz CT molecular complexity index is 749. The lowest BCUT2D eigenvalue weighted by Gasteiger charge is -2.25. The number of rotatable bonds is 5. The van der Waals surface area contributed by atoms with Gasteiger partial charge in [0.15, 0.2) is 11.5 Å². The molecule has 0 spiro atoms. The van der Waals surface area contributed by atoms with Gasteiger partial charge in [-0.05, 0) is 43.9 Å². The van der Waals surface area contributed by atoms with Gasteiger partial charge in [0.2, 0.25) is 6.79 Å².